The van der Waals surface area contributed by atoms with Gasteiger partial charge in [0.25, 0.3) is 11.7 Å². The Morgan fingerprint density at radius 1 is 1.56 bits per heavy atom. The molecule has 2 rings (SSSR count). The van der Waals surface area contributed by atoms with Crippen molar-refractivity contribution < 1.29 is 18.4 Å². The van der Waals surface area contributed by atoms with E-state index in [4.69, 9.17) is 9.26 Å². The van der Waals surface area contributed by atoms with Crippen LogP contribution in [0.3, 0.4) is 0 Å². The minimum absolute atomic E-state index is 0.0666. The Morgan fingerprint density at radius 2 is 2.33 bits per heavy atom. The van der Waals surface area contributed by atoms with Crippen LogP contribution in [0.5, 0.6) is 0 Å². The lowest BCUT2D eigenvalue weighted by Gasteiger charge is -1.97. The first-order valence-electron chi connectivity index (χ1n) is 5.08. The zero-order chi connectivity index (χ0) is 13.1. The van der Waals surface area contributed by atoms with Crippen molar-refractivity contribution in [2.75, 3.05) is 6.61 Å². The first-order valence-corrected chi connectivity index (χ1v) is 5.87. The Morgan fingerprint density at radius 3 is 3.00 bits per heavy atom. The van der Waals surface area contributed by atoms with Crippen molar-refractivity contribution in [3.05, 3.63) is 34.3 Å². The molecule has 0 fully saturated rings. The van der Waals surface area contributed by atoms with Gasteiger partial charge in [-0.05, 0) is 30.3 Å². The maximum absolute atomic E-state index is 13.6. The Kier molecular flexibility index (Phi) is 3.71. The minimum atomic E-state index is -0.704. The van der Waals surface area contributed by atoms with Gasteiger partial charge in [0.15, 0.2) is 0 Å². The number of hydrogen-bond acceptors (Lipinski definition) is 5. The number of benzene rings is 1. The van der Waals surface area contributed by atoms with E-state index in [2.05, 4.69) is 26.1 Å². The number of ether oxygens (including phenoxy) is 1. The van der Waals surface area contributed by atoms with E-state index in [0.717, 1.165) is 0 Å². The monoisotopic (exact) mass is 314 g/mol. The highest BCUT2D eigenvalue weighted by Crippen LogP contribution is 2.24. The zero-order valence-electron chi connectivity index (χ0n) is 9.31. The Balaban J connectivity index is 2.32. The summed E-state index contributed by atoms with van der Waals surface area (Å²) >= 11 is 3.14. The third-order valence-corrected chi connectivity index (χ3v) is 2.54. The van der Waals surface area contributed by atoms with E-state index in [-0.39, 0.29) is 23.9 Å². The van der Waals surface area contributed by atoms with E-state index in [1.165, 1.54) is 12.1 Å². The molecular weight excluding hydrogens is 307 g/mol. The van der Waals surface area contributed by atoms with Crippen LogP contribution < -0.4 is 0 Å². The fraction of sp³-hybridized carbons (Fsp3) is 0.182. The fourth-order valence-electron chi connectivity index (χ4n) is 1.27. The summed E-state index contributed by atoms with van der Waals surface area (Å²) in [6.07, 6.45) is 0. The highest BCUT2D eigenvalue weighted by molar-refractivity contribution is 9.10. The zero-order valence-corrected chi connectivity index (χ0v) is 10.9. The van der Waals surface area contributed by atoms with E-state index in [1.54, 1.807) is 13.0 Å². The molecule has 1 aromatic carbocycles. The number of nitrogens with zero attached hydrogens (tertiary/aromatic N) is 2. The molecule has 0 saturated heterocycles. The summed E-state index contributed by atoms with van der Waals surface area (Å²) in [4.78, 5) is 15.1. The molecule has 0 aliphatic carbocycles. The Labute approximate surface area is 110 Å². The molecule has 2 aromatic rings. The second-order valence-electron chi connectivity index (χ2n) is 3.27. The van der Waals surface area contributed by atoms with Gasteiger partial charge >= 0.3 is 5.97 Å². The van der Waals surface area contributed by atoms with Crippen LogP contribution in [0.2, 0.25) is 0 Å². The van der Waals surface area contributed by atoms with Gasteiger partial charge in [-0.25, -0.2) is 9.18 Å². The number of carbonyl (C=O) groups excluding carboxylic acids is 1. The van der Waals surface area contributed by atoms with Gasteiger partial charge < -0.3 is 9.26 Å². The van der Waals surface area contributed by atoms with E-state index >= 15 is 0 Å². The number of halogens is 2. The normalized spacial score (nSPS) is 10.4. The second-order valence-corrected chi connectivity index (χ2v) is 4.18. The number of rotatable bonds is 3. The first kappa shape index (κ1) is 12.7. The molecule has 0 radical (unpaired) electrons. The predicted molar refractivity (Wildman–Crippen MR) is 63.3 cm³/mol. The van der Waals surface area contributed by atoms with E-state index in [1.807, 2.05) is 0 Å². The lowest BCUT2D eigenvalue weighted by molar-refractivity contribution is 0.0508. The smallest absolute Gasteiger partial charge is 0.379 e. The molecule has 5 nitrogen and oxygen atoms in total. The summed E-state index contributed by atoms with van der Waals surface area (Å²) in [5, 5.41) is 3.44. The largest absolute Gasteiger partial charge is 0.460 e. The number of esters is 1. The molecule has 0 N–H and O–H groups in total. The maximum Gasteiger partial charge on any atom is 0.379 e. The summed E-state index contributed by atoms with van der Waals surface area (Å²) < 4.78 is 23.7. The topological polar surface area (TPSA) is 65.2 Å². The molecule has 1 aromatic heterocycles. The van der Waals surface area contributed by atoms with Crippen LogP contribution in [0, 0.1) is 5.82 Å². The third-order valence-electron chi connectivity index (χ3n) is 2.05. The number of hydrogen-bond donors (Lipinski definition) is 0. The van der Waals surface area contributed by atoms with E-state index < -0.39 is 11.8 Å². The van der Waals surface area contributed by atoms with Crippen molar-refractivity contribution in [1.29, 1.82) is 0 Å². The van der Waals surface area contributed by atoms with Gasteiger partial charge in [-0.15, -0.1) is 0 Å². The molecule has 0 amide bonds. The number of carbonyl (C=O) groups is 1. The van der Waals surface area contributed by atoms with Crippen molar-refractivity contribution in [3.63, 3.8) is 0 Å². The average Bonchev–Trinajstić information content (AvgIpc) is 2.78. The van der Waals surface area contributed by atoms with Crippen molar-refractivity contribution in [1.82, 2.24) is 10.1 Å². The number of aromatic nitrogens is 2. The van der Waals surface area contributed by atoms with Crippen LogP contribution in [0.15, 0.2) is 27.2 Å². The summed E-state index contributed by atoms with van der Waals surface area (Å²) in [6.45, 7) is 1.86. The quantitative estimate of drug-likeness (QED) is 0.815. The van der Waals surface area contributed by atoms with Crippen LogP contribution in [-0.4, -0.2) is 22.7 Å². The lowest BCUT2D eigenvalue weighted by atomic mass is 10.2. The SMILES string of the molecule is CCOC(=O)c1noc(-c2ccc(Br)cc2F)n1. The van der Waals surface area contributed by atoms with Crippen molar-refractivity contribution in [3.8, 4) is 11.5 Å². The van der Waals surface area contributed by atoms with Crippen molar-refractivity contribution in [2.45, 2.75) is 6.92 Å². The van der Waals surface area contributed by atoms with Gasteiger partial charge in [0, 0.05) is 4.47 Å². The van der Waals surface area contributed by atoms with Gasteiger partial charge in [0.2, 0.25) is 0 Å². The van der Waals surface area contributed by atoms with E-state index in [9.17, 15) is 9.18 Å². The first-order chi connectivity index (χ1) is 8.61. The molecule has 0 atom stereocenters. The molecule has 0 saturated carbocycles. The van der Waals surface area contributed by atoms with Crippen molar-refractivity contribution in [2.24, 2.45) is 0 Å². The van der Waals surface area contributed by atoms with Crippen LogP contribution in [0.1, 0.15) is 17.5 Å². The molecule has 0 aliphatic heterocycles. The van der Waals surface area contributed by atoms with Gasteiger partial charge in [-0.2, -0.15) is 4.98 Å². The Bertz CT molecular complexity index is 585. The molecule has 94 valence electrons. The summed E-state index contributed by atoms with van der Waals surface area (Å²) in [5.74, 6) is -1.52. The van der Waals surface area contributed by atoms with Crippen LogP contribution >= 0.6 is 15.9 Å². The maximum atomic E-state index is 13.6. The lowest BCUT2D eigenvalue weighted by Crippen LogP contribution is -2.06. The Hall–Kier alpha value is -1.76. The second kappa shape index (κ2) is 5.26. The van der Waals surface area contributed by atoms with Gasteiger partial charge in [-0.3, -0.25) is 0 Å². The van der Waals surface area contributed by atoms with Crippen LogP contribution in [0.4, 0.5) is 4.39 Å². The van der Waals surface area contributed by atoms with Gasteiger partial charge in [0.05, 0.1) is 12.2 Å². The molecular formula is C11H8BrFN2O3. The molecule has 0 spiro atoms. The third kappa shape index (κ3) is 2.56. The van der Waals surface area contributed by atoms with Crippen molar-refractivity contribution >= 4 is 21.9 Å². The molecule has 0 bridgehead atoms. The van der Waals surface area contributed by atoms with Gasteiger partial charge in [0.1, 0.15) is 5.82 Å². The van der Waals surface area contributed by atoms with Gasteiger partial charge in [-0.1, -0.05) is 15.9 Å². The summed E-state index contributed by atoms with van der Waals surface area (Å²) in [6, 6.07) is 4.37. The molecule has 1 heterocycles. The average molecular weight is 315 g/mol. The van der Waals surface area contributed by atoms with Crippen LogP contribution in [-0.2, 0) is 4.74 Å². The molecule has 0 unspecified atom stereocenters. The van der Waals surface area contributed by atoms with E-state index in [0.29, 0.717) is 4.47 Å². The molecule has 7 heteroatoms. The molecule has 0 aliphatic rings. The molecule has 18 heavy (non-hydrogen) atoms. The predicted octanol–water partition coefficient (Wildman–Crippen LogP) is 2.81. The minimum Gasteiger partial charge on any atom is -0.460 e. The summed E-state index contributed by atoms with van der Waals surface area (Å²) in [5.41, 5.74) is 0.126. The standard InChI is InChI=1S/C11H8BrFN2O3/c1-2-17-11(16)9-14-10(18-15-9)7-4-3-6(12)5-8(7)13/h3-5H,2H2,1H3. The highest BCUT2D eigenvalue weighted by Gasteiger charge is 2.18. The fourth-order valence-corrected chi connectivity index (χ4v) is 1.61. The summed E-state index contributed by atoms with van der Waals surface area (Å²) in [7, 11) is 0. The highest BCUT2D eigenvalue weighted by atomic mass is 79.9. The van der Waals surface area contributed by atoms with Crippen LogP contribution in [0.25, 0.3) is 11.5 Å².